The lowest BCUT2D eigenvalue weighted by atomic mass is 10.0. The summed E-state index contributed by atoms with van der Waals surface area (Å²) in [5, 5.41) is 9.50. The molecule has 3 nitrogen and oxygen atoms in total. The Morgan fingerprint density at radius 3 is 2.70 bits per heavy atom. The number of likely N-dealkylation sites (tertiary alicyclic amines) is 1. The lowest BCUT2D eigenvalue weighted by Crippen LogP contribution is -2.48. The molecule has 1 amide bonds. The number of amides is 1. The number of aliphatic hydroxyl groups is 1. The molecule has 0 bridgehead atoms. The number of hydrogen-bond acceptors (Lipinski definition) is 3. The van der Waals surface area contributed by atoms with Crippen LogP contribution in [-0.4, -0.2) is 40.8 Å². The van der Waals surface area contributed by atoms with Crippen LogP contribution in [0.2, 0.25) is 4.34 Å². The highest BCUT2D eigenvalue weighted by Crippen LogP contribution is 2.37. The molecule has 2 heterocycles. The molecule has 1 aliphatic rings. The van der Waals surface area contributed by atoms with Gasteiger partial charge in [0.05, 0.1) is 10.9 Å². The van der Waals surface area contributed by atoms with Crippen LogP contribution in [0.3, 0.4) is 0 Å². The fourth-order valence-electron chi connectivity index (χ4n) is 2.11. The van der Waals surface area contributed by atoms with Crippen LogP contribution in [0.5, 0.6) is 0 Å². The van der Waals surface area contributed by atoms with Crippen LogP contribution in [0.25, 0.3) is 0 Å². The number of nitrogens with zero attached hydrogens (tertiary/aromatic N) is 1. The fraction of sp³-hybridized carbons (Fsp3) is 0.583. The van der Waals surface area contributed by atoms with E-state index in [1.807, 2.05) is 0 Å². The predicted octanol–water partition coefficient (Wildman–Crippen LogP) is 2.86. The van der Waals surface area contributed by atoms with Crippen LogP contribution in [-0.2, 0) is 11.2 Å². The van der Waals surface area contributed by atoms with Gasteiger partial charge in [0.2, 0.25) is 5.91 Å². The van der Waals surface area contributed by atoms with E-state index in [0.717, 1.165) is 9.78 Å². The lowest BCUT2D eigenvalue weighted by molar-refractivity contribution is -0.253. The van der Waals surface area contributed by atoms with Crippen LogP contribution in [0.15, 0.2) is 12.1 Å². The molecule has 1 N–H and O–H groups in total. The highest BCUT2D eigenvalue weighted by Gasteiger charge is 2.57. The van der Waals surface area contributed by atoms with Gasteiger partial charge in [-0.1, -0.05) is 11.6 Å². The van der Waals surface area contributed by atoms with E-state index in [2.05, 4.69) is 0 Å². The number of aryl methyl sites for hydroxylation is 1. The second-order valence-corrected chi connectivity index (χ2v) is 6.60. The topological polar surface area (TPSA) is 40.5 Å². The normalized spacial score (nSPS) is 23.4. The van der Waals surface area contributed by atoms with Gasteiger partial charge >= 0.3 is 6.18 Å². The Morgan fingerprint density at radius 1 is 1.50 bits per heavy atom. The van der Waals surface area contributed by atoms with Crippen molar-refractivity contribution >= 4 is 28.8 Å². The summed E-state index contributed by atoms with van der Waals surface area (Å²) in [5.41, 5.74) is -2.77. The number of carbonyl (C=O) groups excluding carboxylic acids is 1. The number of β-amino-alcohol motifs (C(OH)–C–C–N with tert-alkyl or cyclic N) is 1. The zero-order valence-corrected chi connectivity index (χ0v) is 12.0. The first kappa shape index (κ1) is 15.6. The van der Waals surface area contributed by atoms with Crippen molar-refractivity contribution in [2.75, 3.05) is 13.1 Å². The second kappa shape index (κ2) is 5.54. The standard InChI is InChI=1S/C12H13ClF3NO2S/c13-9-3-1-8(20-9)2-4-10(18)17-6-5-11(19,7-17)12(14,15)16/h1,3,19H,2,4-7H2. The molecule has 1 aromatic rings. The van der Waals surface area contributed by atoms with Crippen molar-refractivity contribution in [3.8, 4) is 0 Å². The molecule has 1 aliphatic heterocycles. The zero-order valence-electron chi connectivity index (χ0n) is 10.4. The molecule has 8 heteroatoms. The zero-order chi connectivity index (χ0) is 15.0. The summed E-state index contributed by atoms with van der Waals surface area (Å²) in [6.07, 6.45) is -4.61. The number of halogens is 4. The van der Waals surface area contributed by atoms with Crippen molar-refractivity contribution in [2.24, 2.45) is 0 Å². The average Bonchev–Trinajstić information content (AvgIpc) is 2.93. The molecular weight excluding hydrogens is 315 g/mol. The van der Waals surface area contributed by atoms with E-state index >= 15 is 0 Å². The van der Waals surface area contributed by atoms with Crippen molar-refractivity contribution in [1.29, 1.82) is 0 Å². The van der Waals surface area contributed by atoms with Crippen LogP contribution in [0.1, 0.15) is 17.7 Å². The molecule has 0 aliphatic carbocycles. The quantitative estimate of drug-likeness (QED) is 0.927. The molecule has 2 rings (SSSR count). The Balaban J connectivity index is 1.89. The lowest BCUT2D eigenvalue weighted by Gasteiger charge is -2.25. The van der Waals surface area contributed by atoms with E-state index in [0.29, 0.717) is 10.8 Å². The summed E-state index contributed by atoms with van der Waals surface area (Å²) in [4.78, 5) is 13.8. The monoisotopic (exact) mass is 327 g/mol. The van der Waals surface area contributed by atoms with E-state index in [9.17, 15) is 23.1 Å². The van der Waals surface area contributed by atoms with Crippen molar-refractivity contribution in [1.82, 2.24) is 4.90 Å². The van der Waals surface area contributed by atoms with Crippen molar-refractivity contribution in [2.45, 2.75) is 31.0 Å². The van der Waals surface area contributed by atoms with Gasteiger partial charge in [-0.2, -0.15) is 13.2 Å². The van der Waals surface area contributed by atoms with E-state index in [4.69, 9.17) is 11.6 Å². The van der Waals surface area contributed by atoms with Gasteiger partial charge in [0, 0.05) is 24.3 Å². The maximum absolute atomic E-state index is 12.6. The smallest absolute Gasteiger partial charge is 0.379 e. The van der Waals surface area contributed by atoms with E-state index in [-0.39, 0.29) is 18.9 Å². The van der Waals surface area contributed by atoms with Crippen LogP contribution < -0.4 is 0 Å². The van der Waals surface area contributed by atoms with Crippen LogP contribution >= 0.6 is 22.9 Å². The SMILES string of the molecule is O=C(CCc1ccc(Cl)s1)N1CCC(O)(C(F)(F)F)C1. The summed E-state index contributed by atoms with van der Waals surface area (Å²) < 4.78 is 38.5. The Bertz CT molecular complexity index is 505. The van der Waals surface area contributed by atoms with Gasteiger partial charge in [0.25, 0.3) is 0 Å². The minimum Gasteiger partial charge on any atom is -0.379 e. The molecule has 1 saturated heterocycles. The molecule has 1 aromatic heterocycles. The fourth-order valence-corrected chi connectivity index (χ4v) is 3.20. The first-order chi connectivity index (χ1) is 9.21. The third kappa shape index (κ3) is 3.27. The third-order valence-corrected chi connectivity index (χ3v) is 4.63. The van der Waals surface area contributed by atoms with Gasteiger partial charge in [-0.3, -0.25) is 4.79 Å². The first-order valence-corrected chi connectivity index (χ1v) is 7.22. The maximum Gasteiger partial charge on any atom is 0.419 e. The molecule has 0 spiro atoms. The number of carbonyl (C=O) groups is 1. The molecule has 0 aromatic carbocycles. The van der Waals surface area contributed by atoms with Crippen LogP contribution in [0, 0.1) is 0 Å². The molecule has 0 radical (unpaired) electrons. The highest BCUT2D eigenvalue weighted by molar-refractivity contribution is 7.16. The minimum absolute atomic E-state index is 0.0694. The van der Waals surface area contributed by atoms with E-state index in [1.165, 1.54) is 11.3 Å². The van der Waals surface area contributed by atoms with Gasteiger partial charge in [0.1, 0.15) is 0 Å². The Hall–Kier alpha value is -0.790. The predicted molar refractivity (Wildman–Crippen MR) is 69.9 cm³/mol. The molecule has 112 valence electrons. The summed E-state index contributed by atoms with van der Waals surface area (Å²) in [5.74, 6) is -0.380. The Kier molecular flexibility index (Phi) is 4.32. The summed E-state index contributed by atoms with van der Waals surface area (Å²) >= 11 is 7.10. The Morgan fingerprint density at radius 2 is 2.20 bits per heavy atom. The van der Waals surface area contributed by atoms with Crippen molar-refractivity contribution in [3.63, 3.8) is 0 Å². The molecular formula is C12H13ClF3NO2S. The van der Waals surface area contributed by atoms with Gasteiger partial charge < -0.3 is 10.0 Å². The molecule has 1 fully saturated rings. The molecule has 1 atom stereocenters. The summed E-state index contributed by atoms with van der Waals surface area (Å²) in [6.45, 7) is -0.749. The first-order valence-electron chi connectivity index (χ1n) is 6.02. The third-order valence-electron chi connectivity index (χ3n) is 3.34. The molecule has 1 unspecified atom stereocenters. The van der Waals surface area contributed by atoms with Crippen LogP contribution in [0.4, 0.5) is 13.2 Å². The van der Waals surface area contributed by atoms with Crippen molar-refractivity contribution in [3.05, 3.63) is 21.3 Å². The minimum atomic E-state index is -4.71. The molecule has 0 saturated carbocycles. The second-order valence-electron chi connectivity index (χ2n) is 4.80. The number of hydrogen-bond donors (Lipinski definition) is 1. The maximum atomic E-state index is 12.6. The number of alkyl halides is 3. The highest BCUT2D eigenvalue weighted by atomic mass is 35.5. The average molecular weight is 328 g/mol. The molecule has 20 heavy (non-hydrogen) atoms. The van der Waals surface area contributed by atoms with Gasteiger partial charge in [-0.25, -0.2) is 0 Å². The summed E-state index contributed by atoms with van der Waals surface area (Å²) in [6, 6.07) is 3.50. The number of thiophene rings is 1. The van der Waals surface area contributed by atoms with Crippen molar-refractivity contribution < 1.29 is 23.1 Å². The van der Waals surface area contributed by atoms with Gasteiger partial charge in [0.15, 0.2) is 5.60 Å². The van der Waals surface area contributed by atoms with Gasteiger partial charge in [-0.15, -0.1) is 11.3 Å². The largest absolute Gasteiger partial charge is 0.419 e. The number of rotatable bonds is 3. The Labute approximate surface area is 123 Å². The summed E-state index contributed by atoms with van der Waals surface area (Å²) in [7, 11) is 0. The van der Waals surface area contributed by atoms with Gasteiger partial charge in [-0.05, 0) is 18.6 Å². The van der Waals surface area contributed by atoms with E-state index in [1.54, 1.807) is 12.1 Å². The van der Waals surface area contributed by atoms with E-state index < -0.39 is 24.7 Å².